The van der Waals surface area contributed by atoms with E-state index in [0.717, 1.165) is 6.07 Å². The van der Waals surface area contributed by atoms with Gasteiger partial charge in [-0.1, -0.05) is 6.07 Å². The van der Waals surface area contributed by atoms with Crippen LogP contribution in [0.4, 0.5) is 94.8 Å². The van der Waals surface area contributed by atoms with Crippen LogP contribution in [-0.4, -0.2) is 53.7 Å². The number of para-hydroxylation sites is 1. The fourth-order valence-corrected chi connectivity index (χ4v) is 2.23. The molecule has 0 radical (unpaired) electrons. The summed E-state index contributed by atoms with van der Waals surface area (Å²) in [6, 6.07) is 1.73. The summed E-state index contributed by atoms with van der Waals surface area (Å²) in [7, 11) is 0. The van der Waals surface area contributed by atoms with E-state index in [-0.39, 0.29) is 0 Å². The average Bonchev–Trinajstić information content (AvgIpc) is 2.68. The van der Waals surface area contributed by atoms with Gasteiger partial charge in [0.2, 0.25) is 0 Å². The molecule has 0 spiro atoms. The highest BCUT2D eigenvalue weighted by Crippen LogP contribution is 2.65. The average molecular weight is 592 g/mol. The predicted molar refractivity (Wildman–Crippen MR) is 81.5 cm³/mol. The Balaban J connectivity index is 3.72. The molecule has 216 valence electrons. The van der Waals surface area contributed by atoms with Crippen LogP contribution in [0.25, 0.3) is 0 Å². The van der Waals surface area contributed by atoms with Crippen molar-refractivity contribution in [2.24, 2.45) is 0 Å². The van der Waals surface area contributed by atoms with Crippen molar-refractivity contribution in [1.82, 2.24) is 0 Å². The third-order valence-electron chi connectivity index (χ3n) is 4.39. The second-order valence-corrected chi connectivity index (χ2v) is 6.90. The van der Waals surface area contributed by atoms with Crippen LogP contribution < -0.4 is 16.2 Å². The van der Waals surface area contributed by atoms with E-state index < -0.39 is 70.9 Å². The van der Waals surface area contributed by atoms with Crippen molar-refractivity contribution in [1.29, 1.82) is 0 Å². The highest BCUT2D eigenvalue weighted by molar-refractivity contribution is 5.67. The molecule has 0 amide bonds. The maximum absolute atomic E-state index is 13.8. The number of hydrogen-bond acceptors (Lipinski definition) is 3. The summed E-state index contributed by atoms with van der Waals surface area (Å²) in [5, 5.41) is 0. The smallest absolute Gasteiger partial charge is 0.423 e. The van der Waals surface area contributed by atoms with Gasteiger partial charge >= 0.3 is 53.7 Å². The molecular weight excluding hydrogens is 585 g/mol. The summed E-state index contributed by atoms with van der Waals surface area (Å²) < 4.78 is 254. The SMILES string of the molecule is Nc1cccc(N)c1OC(F)(F)C(F)(F)C(F)(F)C(F)(F)C(F)(F)C(F)(F)C(F)(F)C(F)(F)C(F)(F)F. The minimum atomic E-state index is -9.01. The number of nitrogens with two attached hydrogens (primary N) is 2. The van der Waals surface area contributed by atoms with E-state index in [1.165, 1.54) is 0 Å². The topological polar surface area (TPSA) is 61.3 Å². The van der Waals surface area contributed by atoms with Crippen molar-refractivity contribution in [2.75, 3.05) is 11.5 Å². The van der Waals surface area contributed by atoms with Gasteiger partial charge in [0.15, 0.2) is 5.75 Å². The lowest BCUT2D eigenvalue weighted by molar-refractivity contribution is -0.476. The third-order valence-corrected chi connectivity index (χ3v) is 4.39. The van der Waals surface area contributed by atoms with Crippen molar-refractivity contribution in [3.8, 4) is 5.75 Å². The van der Waals surface area contributed by atoms with Crippen molar-refractivity contribution >= 4 is 11.4 Å². The van der Waals surface area contributed by atoms with E-state index in [1.54, 1.807) is 0 Å². The first kappa shape index (κ1) is 32.3. The molecular formula is C15H7F19N2O. The van der Waals surface area contributed by atoms with E-state index in [1.807, 2.05) is 0 Å². The molecule has 0 aromatic heterocycles. The van der Waals surface area contributed by atoms with Crippen molar-refractivity contribution < 1.29 is 88.2 Å². The molecule has 0 aliphatic heterocycles. The number of alkyl halides is 19. The molecule has 0 heterocycles. The van der Waals surface area contributed by atoms with Gasteiger partial charge in [-0.25, -0.2) is 0 Å². The highest BCUT2D eigenvalue weighted by atomic mass is 19.4. The van der Waals surface area contributed by atoms with Crippen LogP contribution in [0.1, 0.15) is 0 Å². The van der Waals surface area contributed by atoms with E-state index in [2.05, 4.69) is 4.74 Å². The van der Waals surface area contributed by atoms with E-state index in [4.69, 9.17) is 11.5 Å². The van der Waals surface area contributed by atoms with Crippen molar-refractivity contribution in [2.45, 2.75) is 53.7 Å². The zero-order valence-corrected chi connectivity index (χ0v) is 16.5. The first-order valence-electron chi connectivity index (χ1n) is 8.32. The Morgan fingerprint density at radius 3 is 1.00 bits per heavy atom. The van der Waals surface area contributed by atoms with Crippen LogP contribution in [0, 0.1) is 0 Å². The summed E-state index contributed by atoms with van der Waals surface area (Å²) in [5.41, 5.74) is 7.41. The molecule has 0 unspecified atom stereocenters. The molecule has 22 heteroatoms. The molecule has 0 saturated carbocycles. The van der Waals surface area contributed by atoms with Crippen LogP contribution in [0.2, 0.25) is 0 Å². The number of ether oxygens (including phenoxy) is 1. The molecule has 0 fully saturated rings. The van der Waals surface area contributed by atoms with E-state index in [0.29, 0.717) is 12.1 Å². The molecule has 1 aromatic carbocycles. The largest absolute Gasteiger partial charge is 0.471 e. The Morgan fingerprint density at radius 2 is 0.703 bits per heavy atom. The zero-order valence-electron chi connectivity index (χ0n) is 16.5. The van der Waals surface area contributed by atoms with Crippen molar-refractivity contribution in [3.05, 3.63) is 18.2 Å². The number of nitrogen functional groups attached to an aromatic ring is 2. The van der Waals surface area contributed by atoms with Gasteiger partial charge in [0.1, 0.15) is 0 Å². The summed E-state index contributed by atoms with van der Waals surface area (Å²) in [6.07, 6.45) is -15.1. The molecule has 0 aliphatic carbocycles. The highest BCUT2D eigenvalue weighted by Gasteiger charge is 2.97. The second kappa shape index (κ2) is 8.40. The van der Waals surface area contributed by atoms with Crippen LogP contribution in [0.15, 0.2) is 18.2 Å². The first-order chi connectivity index (χ1) is 15.9. The molecule has 0 aliphatic rings. The normalized spacial score (nSPS) is 15.6. The minimum absolute atomic E-state index is 0.476. The first-order valence-corrected chi connectivity index (χ1v) is 8.32. The van der Waals surface area contributed by atoms with Gasteiger partial charge in [-0.3, -0.25) is 0 Å². The van der Waals surface area contributed by atoms with Gasteiger partial charge in [-0.15, -0.1) is 0 Å². The monoisotopic (exact) mass is 592 g/mol. The van der Waals surface area contributed by atoms with E-state index >= 15 is 0 Å². The molecule has 1 aromatic rings. The lowest BCUT2D eigenvalue weighted by Crippen LogP contribution is -2.76. The second-order valence-electron chi connectivity index (χ2n) is 6.90. The summed E-state index contributed by atoms with van der Waals surface area (Å²) in [4.78, 5) is 0. The Hall–Kier alpha value is -2.71. The van der Waals surface area contributed by atoms with Crippen LogP contribution >= 0.6 is 0 Å². The molecule has 3 nitrogen and oxygen atoms in total. The fourth-order valence-electron chi connectivity index (χ4n) is 2.23. The number of benzene rings is 1. The van der Waals surface area contributed by atoms with Gasteiger partial charge in [0, 0.05) is 0 Å². The van der Waals surface area contributed by atoms with Gasteiger partial charge < -0.3 is 16.2 Å². The maximum Gasteiger partial charge on any atom is 0.471 e. The Labute approximate surface area is 190 Å². The van der Waals surface area contributed by atoms with Gasteiger partial charge in [0.25, 0.3) is 0 Å². The number of halogens is 19. The molecule has 0 atom stereocenters. The van der Waals surface area contributed by atoms with Gasteiger partial charge in [-0.05, 0) is 12.1 Å². The molecule has 0 saturated heterocycles. The standard InChI is InChI=1S/C15H7F19N2O/c16-7(17,8(18,19)10(22,23)12(26,27)14(30,31)32)9(20,21)11(24,25)13(28,29)15(33,34)37-6-4(35)2-1-3-5(6)36/h1-3H,35-36H2. The van der Waals surface area contributed by atoms with E-state index in [9.17, 15) is 83.4 Å². The molecule has 37 heavy (non-hydrogen) atoms. The Morgan fingerprint density at radius 1 is 0.432 bits per heavy atom. The zero-order chi connectivity index (χ0) is 30.1. The van der Waals surface area contributed by atoms with Crippen molar-refractivity contribution in [3.63, 3.8) is 0 Å². The van der Waals surface area contributed by atoms with Crippen LogP contribution in [-0.2, 0) is 0 Å². The quantitative estimate of drug-likeness (QED) is 0.244. The molecule has 4 N–H and O–H groups in total. The summed E-state index contributed by atoms with van der Waals surface area (Å²) >= 11 is 0. The van der Waals surface area contributed by atoms with Gasteiger partial charge in [-0.2, -0.15) is 83.4 Å². The number of rotatable bonds is 9. The lowest BCUT2D eigenvalue weighted by atomic mass is 9.88. The van der Waals surface area contributed by atoms with Gasteiger partial charge in [0.05, 0.1) is 11.4 Å². The maximum atomic E-state index is 13.8. The van der Waals surface area contributed by atoms with Crippen LogP contribution in [0.3, 0.4) is 0 Å². The molecule has 1 rings (SSSR count). The Kier molecular flexibility index (Phi) is 7.34. The number of hydrogen-bond donors (Lipinski definition) is 2. The number of anilines is 2. The summed E-state index contributed by atoms with van der Waals surface area (Å²) in [6.45, 7) is 0. The minimum Gasteiger partial charge on any atom is -0.423 e. The fraction of sp³-hybridized carbons (Fsp3) is 0.600. The van der Waals surface area contributed by atoms with Crippen LogP contribution in [0.5, 0.6) is 5.75 Å². The summed E-state index contributed by atoms with van der Waals surface area (Å²) in [5.74, 6) is -62.7. The third kappa shape index (κ3) is 4.18. The predicted octanol–water partition coefficient (Wildman–Crippen LogP) is 6.83. The Bertz CT molecular complexity index is 979. The molecule has 0 bridgehead atoms. The lowest BCUT2D eigenvalue weighted by Gasteiger charge is -2.43.